The predicted octanol–water partition coefficient (Wildman–Crippen LogP) is 0.841. The maximum atomic E-state index is 11.0. The summed E-state index contributed by atoms with van der Waals surface area (Å²) in [4.78, 5) is 16.3. The summed E-state index contributed by atoms with van der Waals surface area (Å²) < 4.78 is 10.6. The Hall–Kier alpha value is -1.73. The molecule has 2 heterocycles. The predicted molar refractivity (Wildman–Crippen MR) is 64.7 cm³/mol. The van der Waals surface area contributed by atoms with Crippen LogP contribution in [0.3, 0.4) is 0 Å². The lowest BCUT2D eigenvalue weighted by Crippen LogP contribution is -2.44. The third kappa shape index (κ3) is 2.74. The Kier molecular flexibility index (Phi) is 4.06. The molecule has 1 atom stereocenters. The fraction of sp³-hybridized carbons (Fsp3) is 0.545. The average Bonchev–Trinajstić information content (AvgIpc) is 2.39. The van der Waals surface area contributed by atoms with E-state index in [1.54, 1.807) is 19.4 Å². The van der Waals surface area contributed by atoms with Crippen molar-refractivity contribution in [2.45, 2.75) is 6.10 Å². The number of nitrogens with zero attached hydrogens (tertiary/aromatic N) is 3. The average molecular weight is 253 g/mol. The topological polar surface area (TPSA) is 77.7 Å². The molecule has 0 aliphatic carbocycles. The molecule has 0 N–H and O–H groups in total. The summed E-state index contributed by atoms with van der Waals surface area (Å²) in [7, 11) is 1.61. The Morgan fingerprint density at radius 2 is 2.56 bits per heavy atom. The number of pyridine rings is 1. The maximum Gasteiger partial charge on any atom is 0.310 e. The van der Waals surface area contributed by atoms with Gasteiger partial charge in [0.15, 0.2) is 0 Å². The van der Waals surface area contributed by atoms with Crippen LogP contribution in [0, 0.1) is 10.1 Å². The molecule has 0 saturated carbocycles. The van der Waals surface area contributed by atoms with Crippen LogP contribution in [-0.2, 0) is 9.47 Å². The second-order valence-corrected chi connectivity index (χ2v) is 4.02. The Morgan fingerprint density at radius 3 is 3.28 bits per heavy atom. The number of hydrogen-bond acceptors (Lipinski definition) is 6. The van der Waals surface area contributed by atoms with Crippen molar-refractivity contribution in [1.29, 1.82) is 0 Å². The Balaban J connectivity index is 2.18. The third-order valence-corrected chi connectivity index (χ3v) is 2.81. The number of aromatic nitrogens is 1. The van der Waals surface area contributed by atoms with Crippen LogP contribution in [0.2, 0.25) is 0 Å². The first-order valence-corrected chi connectivity index (χ1v) is 5.66. The van der Waals surface area contributed by atoms with Gasteiger partial charge in [-0.1, -0.05) is 0 Å². The van der Waals surface area contributed by atoms with E-state index >= 15 is 0 Å². The molecule has 0 aromatic carbocycles. The van der Waals surface area contributed by atoms with Gasteiger partial charge >= 0.3 is 5.69 Å². The van der Waals surface area contributed by atoms with Gasteiger partial charge in [0.1, 0.15) is 11.9 Å². The first kappa shape index (κ1) is 12.7. The minimum Gasteiger partial charge on any atom is -0.382 e. The zero-order valence-corrected chi connectivity index (χ0v) is 10.1. The minimum atomic E-state index is -0.414. The molecule has 7 heteroatoms. The second-order valence-electron chi connectivity index (χ2n) is 4.02. The lowest BCUT2D eigenvalue weighted by Gasteiger charge is -2.33. The highest BCUT2D eigenvalue weighted by Crippen LogP contribution is 2.27. The lowest BCUT2D eigenvalue weighted by molar-refractivity contribution is -0.384. The molecule has 7 nitrogen and oxygen atoms in total. The normalized spacial score (nSPS) is 19.8. The van der Waals surface area contributed by atoms with Gasteiger partial charge in [-0.05, 0) is 6.07 Å². The number of methoxy groups -OCH3 is 1. The summed E-state index contributed by atoms with van der Waals surface area (Å²) in [5, 5.41) is 11.0. The summed E-state index contributed by atoms with van der Waals surface area (Å²) >= 11 is 0. The van der Waals surface area contributed by atoms with Crippen molar-refractivity contribution >= 4 is 11.4 Å². The smallest absolute Gasteiger partial charge is 0.310 e. The molecule has 1 fully saturated rings. The molecule has 1 aromatic heterocycles. The number of ether oxygens (including phenoxy) is 2. The number of rotatable bonds is 4. The molecule has 1 aliphatic heterocycles. The third-order valence-electron chi connectivity index (χ3n) is 2.81. The Bertz CT molecular complexity index is 425. The van der Waals surface area contributed by atoms with Crippen LogP contribution >= 0.6 is 0 Å². The number of hydrogen-bond donors (Lipinski definition) is 0. The number of morpholine rings is 1. The van der Waals surface area contributed by atoms with Crippen LogP contribution in [0.15, 0.2) is 18.5 Å². The van der Waals surface area contributed by atoms with Crippen LogP contribution in [0.5, 0.6) is 0 Å². The molecule has 1 unspecified atom stereocenters. The summed E-state index contributed by atoms with van der Waals surface area (Å²) in [5.41, 5.74) is 0.606. The van der Waals surface area contributed by atoms with E-state index in [4.69, 9.17) is 9.47 Å². The van der Waals surface area contributed by atoms with Gasteiger partial charge in [-0.2, -0.15) is 0 Å². The first-order chi connectivity index (χ1) is 8.72. The summed E-state index contributed by atoms with van der Waals surface area (Å²) in [6.45, 7) is 2.23. The van der Waals surface area contributed by atoms with Crippen LogP contribution in [0.4, 0.5) is 11.4 Å². The van der Waals surface area contributed by atoms with E-state index in [9.17, 15) is 10.1 Å². The van der Waals surface area contributed by atoms with Crippen molar-refractivity contribution in [1.82, 2.24) is 4.98 Å². The summed E-state index contributed by atoms with van der Waals surface area (Å²) in [5.74, 6) is 0. The van der Waals surface area contributed by atoms with Crippen molar-refractivity contribution in [3.05, 3.63) is 28.6 Å². The molecule has 0 radical (unpaired) electrons. The highest BCUT2D eigenvalue weighted by Gasteiger charge is 2.25. The van der Waals surface area contributed by atoms with Gasteiger partial charge in [-0.15, -0.1) is 0 Å². The van der Waals surface area contributed by atoms with Crippen LogP contribution in [0.1, 0.15) is 0 Å². The van der Waals surface area contributed by atoms with Crippen LogP contribution in [0.25, 0.3) is 0 Å². The molecular weight excluding hydrogens is 238 g/mol. The van der Waals surface area contributed by atoms with Crippen molar-refractivity contribution < 1.29 is 14.4 Å². The standard InChI is InChI=1S/C11H15N3O4/c1-17-8-9-7-13(4-5-18-9)10-2-3-12-6-11(10)14(15)16/h2-3,6,9H,4-5,7-8H2,1H3. The van der Waals surface area contributed by atoms with E-state index in [-0.39, 0.29) is 11.8 Å². The van der Waals surface area contributed by atoms with Gasteiger partial charge < -0.3 is 14.4 Å². The fourth-order valence-electron chi connectivity index (χ4n) is 2.01. The molecular formula is C11H15N3O4. The molecule has 98 valence electrons. The molecule has 1 aliphatic rings. The highest BCUT2D eigenvalue weighted by atomic mass is 16.6. The van der Waals surface area contributed by atoms with Crippen molar-refractivity contribution in [3.63, 3.8) is 0 Å². The molecule has 0 spiro atoms. The molecule has 0 amide bonds. The van der Waals surface area contributed by atoms with E-state index in [2.05, 4.69) is 4.98 Å². The molecule has 1 saturated heterocycles. The molecule has 2 rings (SSSR count). The van der Waals surface area contributed by atoms with Crippen LogP contribution in [-0.4, -0.2) is 49.4 Å². The fourth-order valence-corrected chi connectivity index (χ4v) is 2.01. The Morgan fingerprint density at radius 1 is 1.72 bits per heavy atom. The van der Waals surface area contributed by atoms with E-state index < -0.39 is 4.92 Å². The SMILES string of the molecule is COCC1CN(c2ccncc2[N+](=O)[O-])CCO1. The lowest BCUT2D eigenvalue weighted by atomic mass is 10.2. The van der Waals surface area contributed by atoms with Crippen molar-refractivity contribution in [2.24, 2.45) is 0 Å². The van der Waals surface area contributed by atoms with E-state index in [1.165, 1.54) is 6.20 Å². The zero-order valence-electron chi connectivity index (χ0n) is 10.1. The van der Waals surface area contributed by atoms with Gasteiger partial charge in [-0.3, -0.25) is 15.1 Å². The number of anilines is 1. The van der Waals surface area contributed by atoms with Gasteiger partial charge in [0.2, 0.25) is 0 Å². The first-order valence-electron chi connectivity index (χ1n) is 5.66. The molecule has 0 bridgehead atoms. The Labute approximate surface area is 104 Å². The van der Waals surface area contributed by atoms with E-state index in [0.717, 1.165) is 0 Å². The van der Waals surface area contributed by atoms with Crippen molar-refractivity contribution in [3.8, 4) is 0 Å². The van der Waals surface area contributed by atoms with Gasteiger partial charge in [-0.25, -0.2) is 0 Å². The molecule has 1 aromatic rings. The van der Waals surface area contributed by atoms with Gasteiger partial charge in [0, 0.05) is 26.4 Å². The summed E-state index contributed by atoms with van der Waals surface area (Å²) in [6, 6.07) is 1.66. The zero-order chi connectivity index (χ0) is 13.0. The summed E-state index contributed by atoms with van der Waals surface area (Å²) in [6.07, 6.45) is 2.77. The number of nitro groups is 1. The van der Waals surface area contributed by atoms with E-state index in [0.29, 0.717) is 32.0 Å². The van der Waals surface area contributed by atoms with Gasteiger partial charge in [0.25, 0.3) is 0 Å². The highest BCUT2D eigenvalue weighted by molar-refractivity contribution is 5.61. The monoisotopic (exact) mass is 253 g/mol. The largest absolute Gasteiger partial charge is 0.382 e. The quantitative estimate of drug-likeness (QED) is 0.584. The maximum absolute atomic E-state index is 11.0. The second kappa shape index (κ2) is 5.74. The van der Waals surface area contributed by atoms with Crippen molar-refractivity contribution in [2.75, 3.05) is 38.3 Å². The molecule has 18 heavy (non-hydrogen) atoms. The van der Waals surface area contributed by atoms with E-state index in [1.807, 2.05) is 4.90 Å². The van der Waals surface area contributed by atoms with Crippen LogP contribution < -0.4 is 4.90 Å². The van der Waals surface area contributed by atoms with Gasteiger partial charge in [0.05, 0.1) is 24.2 Å². The minimum absolute atomic E-state index is 0.0237.